The Bertz CT molecular complexity index is 786. The first-order valence-electron chi connectivity index (χ1n) is 8.61. The number of amides is 2. The van der Waals surface area contributed by atoms with E-state index in [0.29, 0.717) is 17.7 Å². The molecule has 0 radical (unpaired) electrons. The van der Waals surface area contributed by atoms with Gasteiger partial charge in [0, 0.05) is 11.6 Å². The Hall–Kier alpha value is -3.16. The Balaban J connectivity index is 1.91. The number of anilines is 1. The predicted molar refractivity (Wildman–Crippen MR) is 98.0 cm³/mol. The number of nitrogens with zero attached hydrogens (tertiary/aromatic N) is 1. The monoisotopic (exact) mass is 373 g/mol. The van der Waals surface area contributed by atoms with Crippen molar-refractivity contribution < 1.29 is 23.6 Å². The van der Waals surface area contributed by atoms with E-state index in [1.54, 1.807) is 43.3 Å². The Morgan fingerprint density at radius 2 is 1.89 bits per heavy atom. The van der Waals surface area contributed by atoms with Gasteiger partial charge < -0.3 is 19.9 Å². The van der Waals surface area contributed by atoms with Crippen LogP contribution in [0.25, 0.3) is 0 Å². The van der Waals surface area contributed by atoms with E-state index in [0.717, 1.165) is 0 Å². The van der Waals surface area contributed by atoms with Crippen molar-refractivity contribution in [2.24, 2.45) is 5.92 Å². The maximum absolute atomic E-state index is 12.4. The third kappa shape index (κ3) is 6.58. The minimum atomic E-state index is -0.847. The van der Waals surface area contributed by atoms with E-state index in [2.05, 4.69) is 15.8 Å². The summed E-state index contributed by atoms with van der Waals surface area (Å²) < 4.78 is 9.90. The second-order valence-corrected chi connectivity index (χ2v) is 6.50. The van der Waals surface area contributed by atoms with Crippen molar-refractivity contribution in [1.29, 1.82) is 0 Å². The summed E-state index contributed by atoms with van der Waals surface area (Å²) in [6.45, 7) is 5.05. The summed E-state index contributed by atoms with van der Waals surface area (Å²) >= 11 is 0. The van der Waals surface area contributed by atoms with E-state index >= 15 is 0 Å². The van der Waals surface area contributed by atoms with Gasteiger partial charge >= 0.3 is 5.97 Å². The number of esters is 1. The summed E-state index contributed by atoms with van der Waals surface area (Å²) in [5.74, 6) is -0.660. The molecule has 8 nitrogen and oxygen atoms in total. The van der Waals surface area contributed by atoms with Crippen molar-refractivity contribution in [2.75, 3.05) is 11.9 Å². The van der Waals surface area contributed by atoms with Gasteiger partial charge in [-0.25, -0.2) is 4.79 Å². The van der Waals surface area contributed by atoms with E-state index in [1.807, 2.05) is 13.8 Å². The number of hydrogen-bond donors (Lipinski definition) is 2. The largest absolute Gasteiger partial charge is 0.454 e. The average Bonchev–Trinajstić information content (AvgIpc) is 3.04. The van der Waals surface area contributed by atoms with Crippen LogP contribution in [-0.2, 0) is 14.3 Å². The van der Waals surface area contributed by atoms with Gasteiger partial charge in [0.05, 0.1) is 0 Å². The maximum atomic E-state index is 12.4. The van der Waals surface area contributed by atoms with Gasteiger partial charge in [0.2, 0.25) is 0 Å². The Labute approximate surface area is 157 Å². The highest BCUT2D eigenvalue weighted by Crippen LogP contribution is 2.09. The molecular weight excluding hydrogens is 350 g/mol. The van der Waals surface area contributed by atoms with Gasteiger partial charge in [0.1, 0.15) is 11.8 Å². The fourth-order valence-electron chi connectivity index (χ4n) is 2.36. The summed E-state index contributed by atoms with van der Waals surface area (Å²) in [6.07, 6.45) is 0.390. The van der Waals surface area contributed by atoms with Crippen molar-refractivity contribution >= 4 is 23.6 Å². The molecule has 144 valence electrons. The lowest BCUT2D eigenvalue weighted by atomic mass is 10.0. The molecule has 1 atom stereocenters. The van der Waals surface area contributed by atoms with Gasteiger partial charge in [-0.2, -0.15) is 0 Å². The molecule has 1 aromatic carbocycles. The molecule has 0 saturated carbocycles. The third-order valence-electron chi connectivity index (χ3n) is 3.57. The predicted octanol–water partition coefficient (Wildman–Crippen LogP) is 2.31. The van der Waals surface area contributed by atoms with Crippen LogP contribution in [0.2, 0.25) is 0 Å². The van der Waals surface area contributed by atoms with E-state index in [4.69, 9.17) is 9.26 Å². The van der Waals surface area contributed by atoms with Gasteiger partial charge in [-0.05, 0) is 31.4 Å². The summed E-state index contributed by atoms with van der Waals surface area (Å²) in [7, 11) is 0. The normalized spacial score (nSPS) is 11.7. The molecule has 0 spiro atoms. The molecule has 2 amide bonds. The van der Waals surface area contributed by atoms with Crippen molar-refractivity contribution in [3.05, 3.63) is 47.7 Å². The first kappa shape index (κ1) is 20.2. The maximum Gasteiger partial charge on any atom is 0.329 e. The summed E-state index contributed by atoms with van der Waals surface area (Å²) in [6, 6.07) is 9.27. The van der Waals surface area contributed by atoms with Gasteiger partial charge in [0.15, 0.2) is 12.4 Å². The van der Waals surface area contributed by atoms with E-state index in [1.165, 1.54) is 0 Å². The molecule has 2 aromatic rings. The zero-order valence-electron chi connectivity index (χ0n) is 15.5. The van der Waals surface area contributed by atoms with Gasteiger partial charge in [-0.1, -0.05) is 37.2 Å². The van der Waals surface area contributed by atoms with Crippen LogP contribution in [0.3, 0.4) is 0 Å². The Kier molecular flexibility index (Phi) is 7.10. The summed E-state index contributed by atoms with van der Waals surface area (Å²) in [4.78, 5) is 36.5. The van der Waals surface area contributed by atoms with Crippen LogP contribution in [0.15, 0.2) is 40.9 Å². The van der Waals surface area contributed by atoms with Crippen LogP contribution in [0, 0.1) is 12.8 Å². The SMILES string of the molecule is Cc1cc(NC(=O)COC(=O)[C@H](CC(C)C)NC(=O)c2ccccc2)no1. The molecule has 2 rings (SSSR count). The van der Waals surface area contributed by atoms with Crippen LogP contribution < -0.4 is 10.6 Å². The molecular formula is C19H23N3O5. The number of hydrogen-bond acceptors (Lipinski definition) is 6. The number of carbonyl (C=O) groups is 3. The smallest absolute Gasteiger partial charge is 0.329 e. The van der Waals surface area contributed by atoms with Crippen LogP contribution in [0.5, 0.6) is 0 Å². The molecule has 0 unspecified atom stereocenters. The number of ether oxygens (including phenoxy) is 1. The van der Waals surface area contributed by atoms with Crippen LogP contribution in [0.4, 0.5) is 5.82 Å². The second kappa shape index (κ2) is 9.51. The van der Waals surface area contributed by atoms with Gasteiger partial charge in [-0.15, -0.1) is 0 Å². The van der Waals surface area contributed by atoms with Crippen molar-refractivity contribution in [2.45, 2.75) is 33.2 Å². The summed E-state index contributed by atoms with van der Waals surface area (Å²) in [5, 5.41) is 8.75. The minimum absolute atomic E-state index is 0.144. The zero-order chi connectivity index (χ0) is 19.8. The third-order valence-corrected chi connectivity index (χ3v) is 3.57. The van der Waals surface area contributed by atoms with E-state index in [-0.39, 0.29) is 17.6 Å². The highest BCUT2D eigenvalue weighted by molar-refractivity contribution is 5.97. The molecule has 0 fully saturated rings. The van der Waals surface area contributed by atoms with Crippen LogP contribution in [0.1, 0.15) is 36.4 Å². The number of benzene rings is 1. The van der Waals surface area contributed by atoms with E-state index < -0.39 is 24.5 Å². The lowest BCUT2D eigenvalue weighted by molar-refractivity contribution is -0.149. The topological polar surface area (TPSA) is 111 Å². The summed E-state index contributed by atoms with van der Waals surface area (Å²) in [5.41, 5.74) is 0.443. The van der Waals surface area contributed by atoms with Gasteiger partial charge in [-0.3, -0.25) is 9.59 Å². The average molecular weight is 373 g/mol. The molecule has 0 aliphatic heterocycles. The lowest BCUT2D eigenvalue weighted by Gasteiger charge is -2.19. The molecule has 0 aliphatic rings. The molecule has 8 heteroatoms. The molecule has 1 aromatic heterocycles. The number of rotatable bonds is 8. The minimum Gasteiger partial charge on any atom is -0.454 e. The van der Waals surface area contributed by atoms with Gasteiger partial charge in [0.25, 0.3) is 11.8 Å². The zero-order valence-corrected chi connectivity index (χ0v) is 15.5. The fourth-order valence-corrected chi connectivity index (χ4v) is 2.36. The number of aromatic nitrogens is 1. The Morgan fingerprint density at radius 1 is 1.19 bits per heavy atom. The number of carbonyl (C=O) groups excluding carboxylic acids is 3. The first-order valence-corrected chi connectivity index (χ1v) is 8.61. The van der Waals surface area contributed by atoms with E-state index in [9.17, 15) is 14.4 Å². The Morgan fingerprint density at radius 3 is 2.48 bits per heavy atom. The van der Waals surface area contributed by atoms with Crippen LogP contribution in [-0.4, -0.2) is 35.6 Å². The fraction of sp³-hybridized carbons (Fsp3) is 0.368. The van der Waals surface area contributed by atoms with Crippen LogP contribution >= 0.6 is 0 Å². The molecule has 0 aliphatic carbocycles. The standard InChI is InChI=1S/C19H23N3O5/c1-12(2)9-15(20-18(24)14-7-5-4-6-8-14)19(25)26-11-17(23)21-16-10-13(3)27-22-16/h4-8,10,12,15H,9,11H2,1-3H3,(H,20,24)(H,21,22,23)/t15-/m0/s1. The molecule has 0 saturated heterocycles. The molecule has 2 N–H and O–H groups in total. The highest BCUT2D eigenvalue weighted by Gasteiger charge is 2.24. The quantitative estimate of drug-likeness (QED) is 0.687. The molecule has 27 heavy (non-hydrogen) atoms. The number of nitrogens with one attached hydrogen (secondary N) is 2. The number of aryl methyl sites for hydroxylation is 1. The molecule has 1 heterocycles. The van der Waals surface area contributed by atoms with Crippen molar-refractivity contribution in [3.8, 4) is 0 Å². The molecule has 0 bridgehead atoms. The van der Waals surface area contributed by atoms with Crippen molar-refractivity contribution in [1.82, 2.24) is 10.5 Å². The second-order valence-electron chi connectivity index (χ2n) is 6.50. The van der Waals surface area contributed by atoms with Crippen molar-refractivity contribution in [3.63, 3.8) is 0 Å². The lowest BCUT2D eigenvalue weighted by Crippen LogP contribution is -2.43. The highest BCUT2D eigenvalue weighted by atomic mass is 16.5. The first-order chi connectivity index (χ1) is 12.8.